The van der Waals surface area contributed by atoms with Gasteiger partial charge in [0.2, 0.25) is 0 Å². The lowest BCUT2D eigenvalue weighted by Gasteiger charge is -2.09. The second-order valence-electron chi connectivity index (χ2n) is 3.88. The summed E-state index contributed by atoms with van der Waals surface area (Å²) in [5.74, 6) is 1.94. The van der Waals surface area contributed by atoms with E-state index >= 15 is 0 Å². The Labute approximate surface area is 110 Å². The van der Waals surface area contributed by atoms with Crippen LogP contribution in [-0.4, -0.2) is 13.2 Å². The molecule has 0 aliphatic rings. The maximum atomic E-state index is 5.66. The van der Waals surface area contributed by atoms with Crippen molar-refractivity contribution in [1.82, 2.24) is 0 Å². The van der Waals surface area contributed by atoms with Gasteiger partial charge in [-0.25, -0.2) is 0 Å². The van der Waals surface area contributed by atoms with E-state index in [1.807, 2.05) is 55.5 Å². The molecule has 2 heteroatoms. The predicted molar refractivity (Wildman–Crippen MR) is 75.7 cm³/mol. The van der Waals surface area contributed by atoms with Crippen molar-refractivity contribution in [3.8, 4) is 5.75 Å². The third-order valence-corrected chi connectivity index (χ3v) is 2.41. The van der Waals surface area contributed by atoms with Crippen molar-refractivity contribution in [2.75, 3.05) is 13.2 Å². The molecule has 0 unspecified atom stereocenters. The molecule has 1 aromatic carbocycles. The van der Waals surface area contributed by atoms with Crippen LogP contribution in [0.25, 0.3) is 0 Å². The Morgan fingerprint density at radius 2 is 1.94 bits per heavy atom. The SMILES string of the molecule is C/C=C\C=C(/CC)OCCCOc1ccccc1. The van der Waals surface area contributed by atoms with E-state index in [1.165, 1.54) is 0 Å². The smallest absolute Gasteiger partial charge is 0.119 e. The van der Waals surface area contributed by atoms with E-state index in [2.05, 4.69) is 6.92 Å². The molecular weight excluding hydrogens is 224 g/mol. The van der Waals surface area contributed by atoms with Crippen LogP contribution in [0.3, 0.4) is 0 Å². The van der Waals surface area contributed by atoms with Crippen LogP contribution in [0.4, 0.5) is 0 Å². The lowest BCUT2D eigenvalue weighted by Crippen LogP contribution is -2.02. The van der Waals surface area contributed by atoms with Gasteiger partial charge < -0.3 is 9.47 Å². The Morgan fingerprint density at radius 3 is 2.61 bits per heavy atom. The van der Waals surface area contributed by atoms with Gasteiger partial charge in [-0.05, 0) is 25.1 Å². The Balaban J connectivity index is 2.15. The second kappa shape index (κ2) is 9.34. The first-order valence-electron chi connectivity index (χ1n) is 6.49. The standard InChI is InChI=1S/C16H22O2/c1-3-5-10-15(4-2)17-13-9-14-18-16-11-7-6-8-12-16/h3,5-8,10-12H,4,9,13-14H2,1-2H3/b5-3-,15-10+. The maximum absolute atomic E-state index is 5.66. The maximum Gasteiger partial charge on any atom is 0.119 e. The van der Waals surface area contributed by atoms with E-state index in [1.54, 1.807) is 0 Å². The number of para-hydroxylation sites is 1. The Bertz CT molecular complexity index is 366. The molecule has 0 aliphatic carbocycles. The number of allylic oxidation sites excluding steroid dienone is 4. The largest absolute Gasteiger partial charge is 0.498 e. The first-order valence-corrected chi connectivity index (χ1v) is 6.49. The molecule has 0 saturated carbocycles. The zero-order chi connectivity index (χ0) is 13.1. The van der Waals surface area contributed by atoms with E-state index in [9.17, 15) is 0 Å². The van der Waals surface area contributed by atoms with Gasteiger partial charge in [-0.15, -0.1) is 0 Å². The molecule has 0 saturated heterocycles. The quantitative estimate of drug-likeness (QED) is 0.386. The monoisotopic (exact) mass is 246 g/mol. The van der Waals surface area contributed by atoms with E-state index in [4.69, 9.17) is 9.47 Å². The fourth-order valence-corrected chi connectivity index (χ4v) is 1.44. The summed E-state index contributed by atoms with van der Waals surface area (Å²) in [4.78, 5) is 0. The molecule has 0 fully saturated rings. The van der Waals surface area contributed by atoms with E-state index in [0.717, 1.165) is 24.4 Å². The van der Waals surface area contributed by atoms with Crippen LogP contribution in [0.5, 0.6) is 5.75 Å². The molecule has 18 heavy (non-hydrogen) atoms. The molecule has 1 aromatic rings. The zero-order valence-corrected chi connectivity index (χ0v) is 11.3. The topological polar surface area (TPSA) is 18.5 Å². The minimum Gasteiger partial charge on any atom is -0.498 e. The van der Waals surface area contributed by atoms with Gasteiger partial charge >= 0.3 is 0 Å². The molecule has 98 valence electrons. The fraction of sp³-hybridized carbons (Fsp3) is 0.375. The minimum atomic E-state index is 0.685. The first kappa shape index (κ1) is 14.4. The number of hydrogen-bond donors (Lipinski definition) is 0. The molecule has 0 radical (unpaired) electrons. The number of benzene rings is 1. The van der Waals surface area contributed by atoms with E-state index < -0.39 is 0 Å². The highest BCUT2D eigenvalue weighted by atomic mass is 16.5. The number of hydrogen-bond acceptors (Lipinski definition) is 2. The van der Waals surface area contributed by atoms with Crippen LogP contribution in [-0.2, 0) is 4.74 Å². The van der Waals surface area contributed by atoms with E-state index in [-0.39, 0.29) is 0 Å². The Kier molecular flexibility index (Phi) is 7.45. The third kappa shape index (κ3) is 6.14. The summed E-state index contributed by atoms with van der Waals surface area (Å²) in [7, 11) is 0. The van der Waals surface area contributed by atoms with Crippen molar-refractivity contribution in [2.24, 2.45) is 0 Å². The minimum absolute atomic E-state index is 0.685. The van der Waals surface area contributed by atoms with Crippen LogP contribution in [0, 0.1) is 0 Å². The molecule has 0 aliphatic heterocycles. The second-order valence-corrected chi connectivity index (χ2v) is 3.88. The van der Waals surface area contributed by atoms with Crippen molar-refractivity contribution in [3.05, 3.63) is 54.3 Å². The van der Waals surface area contributed by atoms with Gasteiger partial charge in [0.1, 0.15) is 5.75 Å². The van der Waals surface area contributed by atoms with Crippen molar-refractivity contribution in [2.45, 2.75) is 26.7 Å². The lowest BCUT2D eigenvalue weighted by atomic mass is 10.3. The zero-order valence-electron chi connectivity index (χ0n) is 11.3. The molecule has 0 heterocycles. The van der Waals surface area contributed by atoms with Crippen molar-refractivity contribution >= 4 is 0 Å². The van der Waals surface area contributed by atoms with Crippen molar-refractivity contribution < 1.29 is 9.47 Å². The third-order valence-electron chi connectivity index (χ3n) is 2.41. The predicted octanol–water partition coefficient (Wildman–Crippen LogP) is 4.34. The van der Waals surface area contributed by atoms with Gasteiger partial charge in [-0.3, -0.25) is 0 Å². The van der Waals surface area contributed by atoms with Gasteiger partial charge in [-0.2, -0.15) is 0 Å². The normalized spacial score (nSPS) is 11.8. The van der Waals surface area contributed by atoms with Gasteiger partial charge in [0, 0.05) is 12.8 Å². The van der Waals surface area contributed by atoms with Crippen LogP contribution >= 0.6 is 0 Å². The Hall–Kier alpha value is -1.70. The molecule has 0 atom stereocenters. The van der Waals surface area contributed by atoms with Crippen LogP contribution < -0.4 is 4.74 Å². The summed E-state index contributed by atoms with van der Waals surface area (Å²) in [6, 6.07) is 9.85. The van der Waals surface area contributed by atoms with Crippen LogP contribution in [0.15, 0.2) is 54.3 Å². The van der Waals surface area contributed by atoms with E-state index in [0.29, 0.717) is 13.2 Å². The summed E-state index contributed by atoms with van der Waals surface area (Å²) in [6.07, 6.45) is 7.82. The summed E-state index contributed by atoms with van der Waals surface area (Å²) in [5, 5.41) is 0. The fourth-order valence-electron chi connectivity index (χ4n) is 1.44. The van der Waals surface area contributed by atoms with Gasteiger partial charge in [0.25, 0.3) is 0 Å². The molecule has 0 amide bonds. The molecule has 0 bridgehead atoms. The Morgan fingerprint density at radius 1 is 1.17 bits per heavy atom. The summed E-state index contributed by atoms with van der Waals surface area (Å²) in [5.41, 5.74) is 0. The molecular formula is C16H22O2. The highest BCUT2D eigenvalue weighted by Gasteiger charge is 1.95. The molecule has 1 rings (SSSR count). The van der Waals surface area contributed by atoms with Crippen molar-refractivity contribution in [3.63, 3.8) is 0 Å². The van der Waals surface area contributed by atoms with Crippen LogP contribution in [0.1, 0.15) is 26.7 Å². The highest BCUT2D eigenvalue weighted by Crippen LogP contribution is 2.09. The highest BCUT2D eigenvalue weighted by molar-refractivity contribution is 5.20. The van der Waals surface area contributed by atoms with Gasteiger partial charge in [0.05, 0.1) is 19.0 Å². The number of rotatable bonds is 8. The summed E-state index contributed by atoms with van der Waals surface area (Å²) in [6.45, 7) is 5.47. The molecule has 0 aromatic heterocycles. The average Bonchev–Trinajstić information content (AvgIpc) is 2.43. The van der Waals surface area contributed by atoms with Crippen molar-refractivity contribution in [1.29, 1.82) is 0 Å². The summed E-state index contributed by atoms with van der Waals surface area (Å²) >= 11 is 0. The lowest BCUT2D eigenvalue weighted by molar-refractivity contribution is 0.177. The average molecular weight is 246 g/mol. The van der Waals surface area contributed by atoms with Gasteiger partial charge in [0.15, 0.2) is 0 Å². The van der Waals surface area contributed by atoms with Crippen LogP contribution in [0.2, 0.25) is 0 Å². The van der Waals surface area contributed by atoms with Gasteiger partial charge in [-0.1, -0.05) is 37.3 Å². The molecule has 0 N–H and O–H groups in total. The summed E-state index contributed by atoms with van der Waals surface area (Å²) < 4.78 is 11.3. The first-order chi connectivity index (χ1) is 8.86. The molecule has 0 spiro atoms. The molecule has 2 nitrogen and oxygen atoms in total. The number of ether oxygens (including phenoxy) is 2.